The zero-order valence-electron chi connectivity index (χ0n) is 22.9. The maximum atomic E-state index is 13.8. The van der Waals surface area contributed by atoms with Crippen molar-refractivity contribution in [2.75, 3.05) is 12.4 Å². The van der Waals surface area contributed by atoms with Crippen LogP contribution in [0.5, 0.6) is 5.75 Å². The third kappa shape index (κ3) is 8.39. The fourth-order valence-corrected chi connectivity index (χ4v) is 3.85. The van der Waals surface area contributed by atoms with Crippen LogP contribution in [-0.4, -0.2) is 40.4 Å². The summed E-state index contributed by atoms with van der Waals surface area (Å²) in [5.41, 5.74) is 0.675. The number of aromatic nitrogens is 1. The molecule has 3 amide bonds. The molecule has 0 saturated carbocycles. The van der Waals surface area contributed by atoms with E-state index in [-0.39, 0.29) is 31.1 Å². The predicted octanol–water partition coefficient (Wildman–Crippen LogP) is 4.92. The lowest BCUT2D eigenvalue weighted by atomic mass is 9.98. The van der Waals surface area contributed by atoms with Crippen LogP contribution in [0, 0.1) is 12.7 Å². The Balaban J connectivity index is 1.93. The zero-order chi connectivity index (χ0) is 28.6. The normalized spacial score (nSPS) is 11.9. The van der Waals surface area contributed by atoms with E-state index in [2.05, 4.69) is 15.8 Å². The Morgan fingerprint density at radius 2 is 1.74 bits per heavy atom. The first-order chi connectivity index (χ1) is 18.5. The van der Waals surface area contributed by atoms with Gasteiger partial charge >= 0.3 is 0 Å². The van der Waals surface area contributed by atoms with Gasteiger partial charge in [0.05, 0.1) is 7.11 Å². The van der Waals surface area contributed by atoms with Gasteiger partial charge in [-0.3, -0.25) is 14.4 Å². The molecular formula is C29H35FN4O5. The molecule has 0 aliphatic rings. The molecule has 1 heterocycles. The molecule has 0 unspecified atom stereocenters. The van der Waals surface area contributed by atoms with Gasteiger partial charge in [0.2, 0.25) is 17.7 Å². The second kappa shape index (κ2) is 13.0. The summed E-state index contributed by atoms with van der Waals surface area (Å²) in [7, 11) is 1.54. The van der Waals surface area contributed by atoms with Crippen LogP contribution in [0.2, 0.25) is 0 Å². The molecule has 2 N–H and O–H groups in total. The number of carbonyl (C=O) groups is 3. The lowest BCUT2D eigenvalue weighted by molar-refractivity contribution is -0.142. The smallest absolute Gasteiger partial charge is 0.247 e. The molecule has 1 atom stereocenters. The van der Waals surface area contributed by atoms with Crippen LogP contribution in [0.4, 0.5) is 10.2 Å². The van der Waals surface area contributed by atoms with Crippen LogP contribution in [0.25, 0.3) is 0 Å². The Bertz CT molecular complexity index is 1270. The number of benzene rings is 2. The number of carbonyl (C=O) groups excluding carboxylic acids is 3. The van der Waals surface area contributed by atoms with Crippen LogP contribution >= 0.6 is 0 Å². The number of anilines is 1. The van der Waals surface area contributed by atoms with Gasteiger partial charge in [-0.15, -0.1) is 0 Å². The number of aryl methyl sites for hydroxylation is 1. The Labute approximate surface area is 227 Å². The molecule has 39 heavy (non-hydrogen) atoms. The van der Waals surface area contributed by atoms with E-state index in [0.717, 1.165) is 0 Å². The summed E-state index contributed by atoms with van der Waals surface area (Å²) in [5, 5.41) is 9.37. The molecule has 0 aliphatic carbocycles. The largest absolute Gasteiger partial charge is 0.497 e. The molecule has 9 nitrogen and oxygen atoms in total. The van der Waals surface area contributed by atoms with E-state index >= 15 is 0 Å². The Hall–Kier alpha value is -4.21. The number of methoxy groups -OCH3 is 1. The van der Waals surface area contributed by atoms with Gasteiger partial charge in [0.15, 0.2) is 5.82 Å². The van der Waals surface area contributed by atoms with E-state index in [1.54, 1.807) is 56.5 Å². The van der Waals surface area contributed by atoms with Crippen molar-refractivity contribution in [2.45, 2.75) is 65.1 Å². The second-order valence-corrected chi connectivity index (χ2v) is 9.92. The van der Waals surface area contributed by atoms with Crippen molar-refractivity contribution in [1.29, 1.82) is 0 Å². The van der Waals surface area contributed by atoms with Crippen molar-refractivity contribution in [3.05, 3.63) is 77.3 Å². The number of amides is 3. The molecule has 208 valence electrons. The van der Waals surface area contributed by atoms with Crippen LogP contribution in [0.3, 0.4) is 0 Å². The van der Waals surface area contributed by atoms with Gasteiger partial charge < -0.3 is 24.8 Å². The molecule has 0 saturated heterocycles. The van der Waals surface area contributed by atoms with Crippen LogP contribution in [0.1, 0.15) is 63.0 Å². The third-order valence-electron chi connectivity index (χ3n) is 6.38. The van der Waals surface area contributed by atoms with E-state index in [9.17, 15) is 18.8 Å². The Morgan fingerprint density at radius 3 is 2.31 bits per heavy atom. The number of rotatable bonds is 12. The standard InChI is InChI=1S/C29H35FN4O5/c1-6-29(3,4)32-28(37)27(21-9-13-23(38-5)14-10-21)34(18-20-7-11-22(30)12-8-20)26(36)16-15-25(35)31-24-17-19(2)39-33-24/h7-14,17,27H,6,15-16,18H2,1-5H3,(H,32,37)(H,31,33,35)/t27-/m0/s1. The topological polar surface area (TPSA) is 114 Å². The summed E-state index contributed by atoms with van der Waals surface area (Å²) in [6, 6.07) is 13.2. The summed E-state index contributed by atoms with van der Waals surface area (Å²) in [6.07, 6.45) is 0.366. The summed E-state index contributed by atoms with van der Waals surface area (Å²) >= 11 is 0. The van der Waals surface area contributed by atoms with Gasteiger partial charge in [-0.1, -0.05) is 36.3 Å². The average molecular weight is 539 g/mol. The van der Waals surface area contributed by atoms with Crippen LogP contribution in [0.15, 0.2) is 59.1 Å². The van der Waals surface area contributed by atoms with Crippen LogP contribution in [-0.2, 0) is 20.9 Å². The minimum atomic E-state index is -1.01. The molecule has 0 aliphatic heterocycles. The minimum Gasteiger partial charge on any atom is -0.497 e. The predicted molar refractivity (Wildman–Crippen MR) is 144 cm³/mol. The Morgan fingerprint density at radius 1 is 1.08 bits per heavy atom. The van der Waals surface area contributed by atoms with E-state index in [1.165, 1.54) is 17.0 Å². The summed E-state index contributed by atoms with van der Waals surface area (Å²) in [6.45, 7) is 7.48. The molecule has 3 rings (SSSR count). The fraction of sp³-hybridized carbons (Fsp3) is 0.379. The highest BCUT2D eigenvalue weighted by Crippen LogP contribution is 2.28. The molecule has 2 aromatic carbocycles. The fourth-order valence-electron chi connectivity index (χ4n) is 3.85. The van der Waals surface area contributed by atoms with E-state index in [1.807, 2.05) is 20.8 Å². The zero-order valence-corrected chi connectivity index (χ0v) is 22.9. The quantitative estimate of drug-likeness (QED) is 0.338. The first-order valence-electron chi connectivity index (χ1n) is 12.7. The number of hydrogen-bond acceptors (Lipinski definition) is 6. The molecule has 0 radical (unpaired) electrons. The number of nitrogens with one attached hydrogen (secondary N) is 2. The summed E-state index contributed by atoms with van der Waals surface area (Å²) < 4.78 is 23.8. The SMILES string of the molecule is CCC(C)(C)NC(=O)[C@H](c1ccc(OC)cc1)N(Cc1ccc(F)cc1)C(=O)CCC(=O)Nc1cc(C)on1. The highest BCUT2D eigenvalue weighted by atomic mass is 19.1. The van der Waals surface area contributed by atoms with Crippen molar-refractivity contribution in [2.24, 2.45) is 0 Å². The maximum Gasteiger partial charge on any atom is 0.247 e. The van der Waals surface area contributed by atoms with E-state index in [0.29, 0.717) is 29.1 Å². The van der Waals surface area contributed by atoms with Gasteiger partial charge in [-0.2, -0.15) is 0 Å². The summed E-state index contributed by atoms with van der Waals surface area (Å²) in [5.74, 6) is -0.230. The molecule has 0 fully saturated rings. The first kappa shape index (κ1) is 29.3. The monoisotopic (exact) mass is 538 g/mol. The minimum absolute atomic E-state index is 0.0277. The first-order valence-corrected chi connectivity index (χ1v) is 12.7. The number of ether oxygens (including phenoxy) is 1. The third-order valence-corrected chi connectivity index (χ3v) is 6.38. The van der Waals surface area contributed by atoms with Gasteiger partial charge in [-0.25, -0.2) is 4.39 Å². The van der Waals surface area contributed by atoms with Crippen molar-refractivity contribution < 1.29 is 28.0 Å². The highest BCUT2D eigenvalue weighted by Gasteiger charge is 2.34. The molecule has 3 aromatic rings. The van der Waals surface area contributed by atoms with Gasteiger partial charge in [0.25, 0.3) is 0 Å². The second-order valence-electron chi connectivity index (χ2n) is 9.92. The molecule has 10 heteroatoms. The van der Waals surface area contributed by atoms with Gasteiger partial charge in [0, 0.05) is 31.0 Å². The van der Waals surface area contributed by atoms with Crippen molar-refractivity contribution in [3.8, 4) is 5.75 Å². The number of hydrogen-bond donors (Lipinski definition) is 2. The van der Waals surface area contributed by atoms with E-state index < -0.39 is 29.2 Å². The van der Waals surface area contributed by atoms with Crippen molar-refractivity contribution in [1.82, 2.24) is 15.4 Å². The summed E-state index contributed by atoms with van der Waals surface area (Å²) in [4.78, 5) is 41.4. The Kier molecular flexibility index (Phi) is 9.81. The number of halogens is 1. The highest BCUT2D eigenvalue weighted by molar-refractivity contribution is 5.94. The molecular weight excluding hydrogens is 503 g/mol. The molecule has 0 spiro atoms. The van der Waals surface area contributed by atoms with Gasteiger partial charge in [-0.05, 0) is 62.6 Å². The maximum absolute atomic E-state index is 13.8. The van der Waals surface area contributed by atoms with Crippen molar-refractivity contribution in [3.63, 3.8) is 0 Å². The lowest BCUT2D eigenvalue weighted by Gasteiger charge is -2.35. The van der Waals surface area contributed by atoms with Crippen molar-refractivity contribution >= 4 is 23.5 Å². The van der Waals surface area contributed by atoms with E-state index in [4.69, 9.17) is 9.26 Å². The van der Waals surface area contributed by atoms with Gasteiger partial charge in [0.1, 0.15) is 23.4 Å². The average Bonchev–Trinajstić information content (AvgIpc) is 3.32. The van der Waals surface area contributed by atoms with Crippen LogP contribution < -0.4 is 15.4 Å². The molecule has 1 aromatic heterocycles. The number of nitrogens with zero attached hydrogens (tertiary/aromatic N) is 2. The lowest BCUT2D eigenvalue weighted by Crippen LogP contribution is -2.50. The molecule has 0 bridgehead atoms.